The van der Waals surface area contributed by atoms with Crippen LogP contribution in [0.1, 0.15) is 43.8 Å². The summed E-state index contributed by atoms with van der Waals surface area (Å²) in [5, 5.41) is 3.37. The van der Waals surface area contributed by atoms with Gasteiger partial charge in [-0.05, 0) is 30.0 Å². The number of carbonyl (C=O) groups is 1. The first kappa shape index (κ1) is 22.3. The molecule has 9 nitrogen and oxygen atoms in total. The number of amides is 1. The predicted octanol–water partition coefficient (Wildman–Crippen LogP) is 3.84. The molecule has 1 N–H and O–H groups in total. The quantitative estimate of drug-likeness (QED) is 0.572. The predicted molar refractivity (Wildman–Crippen MR) is 129 cm³/mol. The van der Waals surface area contributed by atoms with Crippen LogP contribution < -0.4 is 10.2 Å². The summed E-state index contributed by atoms with van der Waals surface area (Å²) in [6.45, 7) is 10.4. The number of ether oxygens (including phenoxy) is 1. The van der Waals surface area contributed by atoms with Crippen LogP contribution in [0.4, 0.5) is 16.6 Å². The van der Waals surface area contributed by atoms with E-state index in [0.717, 1.165) is 37.6 Å². The molecule has 2 atom stereocenters. The number of nitrogens with zero attached hydrogens (tertiary/aromatic N) is 6. The van der Waals surface area contributed by atoms with Crippen LogP contribution in [-0.2, 0) is 24.4 Å². The van der Waals surface area contributed by atoms with E-state index in [9.17, 15) is 4.79 Å². The Hall–Kier alpha value is -3.46. The van der Waals surface area contributed by atoms with Gasteiger partial charge in [0.05, 0.1) is 18.6 Å². The first-order valence-corrected chi connectivity index (χ1v) is 11.8. The number of carbonyl (C=O) groups excluding carboxylic acids is 1. The van der Waals surface area contributed by atoms with E-state index < -0.39 is 0 Å². The molecule has 0 radical (unpaired) electrons. The Morgan fingerprint density at radius 2 is 1.91 bits per heavy atom. The van der Waals surface area contributed by atoms with E-state index in [4.69, 9.17) is 4.74 Å². The Labute approximate surface area is 199 Å². The molecule has 1 fully saturated rings. The fraction of sp³-hybridized carbons (Fsp3) is 0.440. The van der Waals surface area contributed by atoms with Gasteiger partial charge < -0.3 is 14.6 Å². The van der Waals surface area contributed by atoms with Crippen molar-refractivity contribution in [2.24, 2.45) is 5.92 Å². The zero-order valence-electron chi connectivity index (χ0n) is 19.9. The zero-order chi connectivity index (χ0) is 23.7. The largest absolute Gasteiger partial charge is 0.447 e. The van der Waals surface area contributed by atoms with Crippen molar-refractivity contribution >= 4 is 17.9 Å². The summed E-state index contributed by atoms with van der Waals surface area (Å²) in [6.07, 6.45) is 5.24. The molecule has 1 aromatic carbocycles. The maximum atomic E-state index is 12.3. The number of benzene rings is 1. The average Bonchev–Trinajstić information content (AvgIpc) is 3.46. The molecule has 9 heteroatoms. The Kier molecular flexibility index (Phi) is 6.19. The Morgan fingerprint density at radius 1 is 1.09 bits per heavy atom. The van der Waals surface area contributed by atoms with Gasteiger partial charge in [-0.1, -0.05) is 38.1 Å². The van der Waals surface area contributed by atoms with Gasteiger partial charge in [0, 0.05) is 38.2 Å². The molecule has 0 aliphatic carbocycles. The number of nitrogens with one attached hydrogen (secondary N) is 1. The fourth-order valence-electron chi connectivity index (χ4n) is 4.55. The highest BCUT2D eigenvalue weighted by molar-refractivity contribution is 5.89. The second-order valence-electron chi connectivity index (χ2n) is 9.35. The topological polar surface area (TPSA) is 88.4 Å². The van der Waals surface area contributed by atoms with Crippen molar-refractivity contribution < 1.29 is 9.53 Å². The van der Waals surface area contributed by atoms with Gasteiger partial charge in [-0.25, -0.2) is 14.8 Å². The summed E-state index contributed by atoms with van der Waals surface area (Å²) in [6, 6.07) is 10.4. The monoisotopic (exact) mass is 461 g/mol. The molecule has 4 heterocycles. The number of hydrogen-bond acceptors (Lipinski definition) is 7. The molecule has 0 bridgehead atoms. The van der Waals surface area contributed by atoms with E-state index in [1.54, 1.807) is 17.2 Å². The van der Waals surface area contributed by atoms with E-state index in [0.29, 0.717) is 18.4 Å². The van der Waals surface area contributed by atoms with Gasteiger partial charge in [0.15, 0.2) is 0 Å². The van der Waals surface area contributed by atoms with Crippen LogP contribution in [0.2, 0.25) is 0 Å². The maximum Gasteiger partial charge on any atom is 0.415 e. The first-order chi connectivity index (χ1) is 16.5. The number of aromatic nitrogens is 4. The second kappa shape index (κ2) is 9.42. The first-order valence-electron chi connectivity index (χ1n) is 11.8. The van der Waals surface area contributed by atoms with E-state index in [1.165, 1.54) is 5.56 Å². The molecular weight excluding hydrogens is 430 g/mol. The highest BCUT2D eigenvalue weighted by Crippen LogP contribution is 2.27. The lowest BCUT2D eigenvalue weighted by atomic mass is 10.0. The van der Waals surface area contributed by atoms with Crippen molar-refractivity contribution in [3.05, 3.63) is 65.9 Å². The Bertz CT molecular complexity index is 1140. The number of cyclic esters (lactones) is 1. The summed E-state index contributed by atoms with van der Waals surface area (Å²) in [5.74, 6) is 2.44. The third-order valence-corrected chi connectivity index (χ3v) is 6.62. The summed E-state index contributed by atoms with van der Waals surface area (Å²) < 4.78 is 7.48. The van der Waals surface area contributed by atoms with E-state index >= 15 is 0 Å². The zero-order valence-corrected chi connectivity index (χ0v) is 19.9. The van der Waals surface area contributed by atoms with Gasteiger partial charge >= 0.3 is 6.09 Å². The Balaban J connectivity index is 1.22. The fourth-order valence-corrected chi connectivity index (χ4v) is 4.55. The molecule has 34 heavy (non-hydrogen) atoms. The van der Waals surface area contributed by atoms with Gasteiger partial charge in [0.1, 0.15) is 18.2 Å². The van der Waals surface area contributed by atoms with Gasteiger partial charge in [-0.3, -0.25) is 9.80 Å². The SMILES string of the molecule is CC(C)[C@H]1COC(=O)N1c1ccnc(N[C@@H](C)c2ccc(CN3CCn4ccnc4C3)cc2)n1. The molecule has 1 saturated heterocycles. The summed E-state index contributed by atoms with van der Waals surface area (Å²) in [7, 11) is 0. The smallest absolute Gasteiger partial charge is 0.415 e. The molecule has 3 aromatic rings. The summed E-state index contributed by atoms with van der Waals surface area (Å²) in [5.41, 5.74) is 2.43. The highest BCUT2D eigenvalue weighted by atomic mass is 16.6. The van der Waals surface area contributed by atoms with Crippen LogP contribution in [0.15, 0.2) is 48.9 Å². The van der Waals surface area contributed by atoms with Gasteiger partial charge in [-0.15, -0.1) is 0 Å². The molecule has 2 aliphatic rings. The van der Waals surface area contributed by atoms with E-state index in [1.807, 2.05) is 6.20 Å². The average molecular weight is 462 g/mol. The minimum absolute atomic E-state index is 0.0122. The molecule has 0 unspecified atom stereocenters. The van der Waals surface area contributed by atoms with Crippen molar-refractivity contribution in [1.29, 1.82) is 0 Å². The van der Waals surface area contributed by atoms with Gasteiger partial charge in [0.25, 0.3) is 0 Å². The van der Waals surface area contributed by atoms with E-state index in [-0.39, 0.29) is 24.1 Å². The molecular formula is C25H31N7O2. The van der Waals surface area contributed by atoms with Crippen molar-refractivity contribution in [3.8, 4) is 0 Å². The van der Waals surface area contributed by atoms with Crippen LogP contribution in [0, 0.1) is 5.92 Å². The summed E-state index contributed by atoms with van der Waals surface area (Å²) in [4.78, 5) is 29.7. The van der Waals surface area contributed by atoms with Gasteiger partial charge in [-0.2, -0.15) is 4.98 Å². The van der Waals surface area contributed by atoms with Crippen molar-refractivity contribution in [2.75, 3.05) is 23.4 Å². The molecule has 0 spiro atoms. The maximum absolute atomic E-state index is 12.3. The summed E-state index contributed by atoms with van der Waals surface area (Å²) >= 11 is 0. The van der Waals surface area contributed by atoms with Crippen molar-refractivity contribution in [1.82, 2.24) is 24.4 Å². The van der Waals surface area contributed by atoms with Crippen LogP contribution >= 0.6 is 0 Å². The lowest BCUT2D eigenvalue weighted by Crippen LogP contribution is -2.37. The Morgan fingerprint density at radius 3 is 2.71 bits per heavy atom. The van der Waals surface area contributed by atoms with E-state index in [2.05, 4.69) is 81.0 Å². The van der Waals surface area contributed by atoms with Crippen LogP contribution in [0.25, 0.3) is 0 Å². The highest BCUT2D eigenvalue weighted by Gasteiger charge is 2.37. The van der Waals surface area contributed by atoms with Crippen LogP contribution in [-0.4, -0.2) is 49.7 Å². The van der Waals surface area contributed by atoms with Crippen LogP contribution in [0.5, 0.6) is 0 Å². The minimum Gasteiger partial charge on any atom is -0.447 e. The number of hydrogen-bond donors (Lipinski definition) is 1. The molecule has 178 valence electrons. The number of fused-ring (bicyclic) bond motifs is 1. The molecule has 5 rings (SSSR count). The third-order valence-electron chi connectivity index (χ3n) is 6.62. The number of rotatable bonds is 7. The second-order valence-corrected chi connectivity index (χ2v) is 9.35. The van der Waals surface area contributed by atoms with Crippen LogP contribution in [0.3, 0.4) is 0 Å². The number of anilines is 2. The molecule has 0 saturated carbocycles. The normalized spacial score (nSPS) is 19.2. The minimum atomic E-state index is -0.357. The molecule has 1 amide bonds. The lowest BCUT2D eigenvalue weighted by molar-refractivity contribution is 0.177. The van der Waals surface area contributed by atoms with Crippen molar-refractivity contribution in [2.45, 2.75) is 52.5 Å². The van der Waals surface area contributed by atoms with Gasteiger partial charge in [0.2, 0.25) is 5.95 Å². The molecule has 2 aromatic heterocycles. The molecule has 2 aliphatic heterocycles. The standard InChI is InChI=1S/C25H31N7O2/c1-17(2)21-16-34-25(33)32(21)22-8-9-27-24(29-22)28-18(3)20-6-4-19(5-7-20)14-30-12-13-31-11-10-26-23(31)15-30/h4-11,17-18,21H,12-16H2,1-3H3,(H,27,28,29)/t18-,21+/m0/s1. The third kappa shape index (κ3) is 4.61. The van der Waals surface area contributed by atoms with Crippen molar-refractivity contribution in [3.63, 3.8) is 0 Å². The number of imidazole rings is 1. The lowest BCUT2D eigenvalue weighted by Gasteiger charge is -2.27.